The second kappa shape index (κ2) is 4.24. The fraction of sp³-hybridized carbons (Fsp3) is 0.833. The Labute approximate surface area is 60.6 Å². The SMILES string of the molecule is CCC(N)C(=O)N(O)CC. The summed E-state index contributed by atoms with van der Waals surface area (Å²) in [7, 11) is 0. The Bertz CT molecular complexity index is 104. The largest absolute Gasteiger partial charge is 0.320 e. The van der Waals surface area contributed by atoms with Crippen molar-refractivity contribution in [2.45, 2.75) is 26.3 Å². The van der Waals surface area contributed by atoms with Gasteiger partial charge in [-0.1, -0.05) is 6.92 Å². The number of amides is 1. The summed E-state index contributed by atoms with van der Waals surface area (Å²) in [5.41, 5.74) is 5.34. The first-order valence-electron chi connectivity index (χ1n) is 3.39. The third-order valence-electron chi connectivity index (χ3n) is 1.31. The fourth-order valence-electron chi connectivity index (χ4n) is 0.522. The molecule has 0 aromatic rings. The Hall–Kier alpha value is -0.610. The average molecular weight is 146 g/mol. The summed E-state index contributed by atoms with van der Waals surface area (Å²) < 4.78 is 0. The molecule has 4 heteroatoms. The lowest BCUT2D eigenvalue weighted by molar-refractivity contribution is -0.165. The molecule has 0 aromatic carbocycles. The topological polar surface area (TPSA) is 66.6 Å². The van der Waals surface area contributed by atoms with Gasteiger partial charge in [0.2, 0.25) is 0 Å². The molecule has 0 fully saturated rings. The van der Waals surface area contributed by atoms with Crippen LogP contribution in [0.4, 0.5) is 0 Å². The van der Waals surface area contributed by atoms with Crippen LogP contribution >= 0.6 is 0 Å². The van der Waals surface area contributed by atoms with Crippen molar-refractivity contribution in [3.63, 3.8) is 0 Å². The summed E-state index contributed by atoms with van der Waals surface area (Å²) in [6.45, 7) is 3.76. The lowest BCUT2D eigenvalue weighted by Gasteiger charge is -2.15. The number of hydrogen-bond acceptors (Lipinski definition) is 3. The van der Waals surface area contributed by atoms with E-state index in [1.807, 2.05) is 0 Å². The van der Waals surface area contributed by atoms with Crippen LogP contribution in [0.15, 0.2) is 0 Å². The van der Waals surface area contributed by atoms with Crippen LogP contribution in [0.3, 0.4) is 0 Å². The highest BCUT2D eigenvalue weighted by Gasteiger charge is 2.15. The van der Waals surface area contributed by atoms with Gasteiger partial charge >= 0.3 is 0 Å². The summed E-state index contributed by atoms with van der Waals surface area (Å²) >= 11 is 0. The molecule has 60 valence electrons. The van der Waals surface area contributed by atoms with Gasteiger partial charge in [-0.25, -0.2) is 5.06 Å². The number of hydrogen-bond donors (Lipinski definition) is 2. The van der Waals surface area contributed by atoms with E-state index in [1.165, 1.54) is 0 Å². The fourth-order valence-corrected chi connectivity index (χ4v) is 0.522. The first-order chi connectivity index (χ1) is 4.63. The predicted molar refractivity (Wildman–Crippen MR) is 37.4 cm³/mol. The van der Waals surface area contributed by atoms with E-state index in [2.05, 4.69) is 0 Å². The smallest absolute Gasteiger partial charge is 0.262 e. The van der Waals surface area contributed by atoms with Crippen molar-refractivity contribution in [2.75, 3.05) is 6.54 Å². The van der Waals surface area contributed by atoms with Gasteiger partial charge in [0.05, 0.1) is 6.04 Å². The molecule has 0 aliphatic carbocycles. The van der Waals surface area contributed by atoms with Gasteiger partial charge in [0, 0.05) is 6.54 Å². The summed E-state index contributed by atoms with van der Waals surface area (Å²) in [6.07, 6.45) is 0.551. The Balaban J connectivity index is 3.82. The van der Waals surface area contributed by atoms with E-state index in [9.17, 15) is 4.79 Å². The predicted octanol–water partition coefficient (Wildman–Crippen LogP) is -0.0386. The van der Waals surface area contributed by atoms with E-state index >= 15 is 0 Å². The van der Waals surface area contributed by atoms with Crippen LogP contribution in [0.1, 0.15) is 20.3 Å². The molecule has 10 heavy (non-hydrogen) atoms. The monoisotopic (exact) mass is 146 g/mol. The van der Waals surface area contributed by atoms with Crippen molar-refractivity contribution in [3.8, 4) is 0 Å². The highest BCUT2D eigenvalue weighted by molar-refractivity contribution is 5.80. The van der Waals surface area contributed by atoms with Crippen LogP contribution in [0.5, 0.6) is 0 Å². The van der Waals surface area contributed by atoms with Crippen LogP contribution in [0.2, 0.25) is 0 Å². The molecule has 0 aromatic heterocycles. The summed E-state index contributed by atoms with van der Waals surface area (Å²) in [5, 5.41) is 9.46. The lowest BCUT2D eigenvalue weighted by atomic mass is 10.2. The van der Waals surface area contributed by atoms with E-state index in [0.717, 1.165) is 0 Å². The standard InChI is InChI=1S/C6H14N2O2/c1-3-5(7)6(9)8(10)4-2/h5,10H,3-4,7H2,1-2H3. The molecule has 1 atom stereocenters. The normalized spacial score (nSPS) is 12.8. The maximum Gasteiger partial charge on any atom is 0.262 e. The van der Waals surface area contributed by atoms with Gasteiger partial charge in [-0.2, -0.15) is 0 Å². The van der Waals surface area contributed by atoms with E-state index in [0.29, 0.717) is 11.5 Å². The first kappa shape index (κ1) is 9.39. The number of likely N-dealkylation sites (N-methyl/N-ethyl adjacent to an activating group) is 1. The minimum atomic E-state index is -0.565. The van der Waals surface area contributed by atoms with E-state index in [-0.39, 0.29) is 6.54 Å². The Morgan fingerprint density at radius 3 is 2.50 bits per heavy atom. The van der Waals surface area contributed by atoms with Crippen LogP contribution in [0, 0.1) is 0 Å². The molecular formula is C6H14N2O2. The zero-order valence-electron chi connectivity index (χ0n) is 6.37. The first-order valence-corrected chi connectivity index (χ1v) is 3.39. The number of carbonyl (C=O) groups excluding carboxylic acids is 1. The van der Waals surface area contributed by atoms with Gasteiger partial charge in [-0.05, 0) is 13.3 Å². The molecule has 0 rings (SSSR count). The molecule has 1 amide bonds. The van der Waals surface area contributed by atoms with E-state index in [4.69, 9.17) is 10.9 Å². The van der Waals surface area contributed by atoms with Crippen LogP contribution < -0.4 is 5.73 Å². The number of hydroxylamine groups is 2. The maximum atomic E-state index is 10.9. The van der Waals surface area contributed by atoms with Crippen molar-refractivity contribution in [2.24, 2.45) is 5.73 Å². The van der Waals surface area contributed by atoms with Gasteiger partial charge in [0.25, 0.3) is 5.91 Å². The van der Waals surface area contributed by atoms with E-state index in [1.54, 1.807) is 13.8 Å². The number of rotatable bonds is 3. The minimum Gasteiger partial charge on any atom is -0.320 e. The van der Waals surface area contributed by atoms with Gasteiger partial charge in [0.1, 0.15) is 0 Å². The molecule has 3 N–H and O–H groups in total. The van der Waals surface area contributed by atoms with Crippen molar-refractivity contribution in [1.82, 2.24) is 5.06 Å². The average Bonchev–Trinajstić information content (AvgIpc) is 2.00. The third-order valence-corrected chi connectivity index (χ3v) is 1.31. The molecule has 0 radical (unpaired) electrons. The quantitative estimate of drug-likeness (QED) is 0.433. The molecule has 1 unspecified atom stereocenters. The molecule has 0 heterocycles. The van der Waals surface area contributed by atoms with E-state index < -0.39 is 11.9 Å². The number of nitrogens with zero attached hydrogens (tertiary/aromatic N) is 1. The second-order valence-corrected chi connectivity index (χ2v) is 2.07. The minimum absolute atomic E-state index is 0.284. The Kier molecular flexibility index (Phi) is 3.99. The zero-order valence-corrected chi connectivity index (χ0v) is 6.37. The Morgan fingerprint density at radius 1 is 1.70 bits per heavy atom. The molecular weight excluding hydrogens is 132 g/mol. The highest BCUT2D eigenvalue weighted by atomic mass is 16.5. The molecule has 0 bridgehead atoms. The molecule has 0 aliphatic rings. The summed E-state index contributed by atoms with van der Waals surface area (Å²) in [6, 6.07) is -0.565. The van der Waals surface area contributed by atoms with Gasteiger partial charge in [-0.3, -0.25) is 10.0 Å². The van der Waals surface area contributed by atoms with Crippen LogP contribution in [-0.4, -0.2) is 28.8 Å². The van der Waals surface area contributed by atoms with Gasteiger partial charge in [-0.15, -0.1) is 0 Å². The zero-order chi connectivity index (χ0) is 8.15. The molecule has 0 saturated carbocycles. The number of carbonyl (C=O) groups is 1. The lowest BCUT2D eigenvalue weighted by Crippen LogP contribution is -2.41. The molecule has 4 nitrogen and oxygen atoms in total. The molecule has 0 spiro atoms. The van der Waals surface area contributed by atoms with Crippen molar-refractivity contribution in [1.29, 1.82) is 0 Å². The maximum absolute atomic E-state index is 10.9. The summed E-state index contributed by atoms with van der Waals surface area (Å²) in [5.74, 6) is -0.412. The highest BCUT2D eigenvalue weighted by Crippen LogP contribution is 1.92. The molecule has 0 aliphatic heterocycles. The summed E-state index contributed by atoms with van der Waals surface area (Å²) in [4.78, 5) is 10.9. The van der Waals surface area contributed by atoms with Crippen molar-refractivity contribution >= 4 is 5.91 Å². The van der Waals surface area contributed by atoms with Crippen LogP contribution in [0.25, 0.3) is 0 Å². The van der Waals surface area contributed by atoms with Crippen LogP contribution in [-0.2, 0) is 4.79 Å². The second-order valence-electron chi connectivity index (χ2n) is 2.07. The Morgan fingerprint density at radius 2 is 2.20 bits per heavy atom. The third kappa shape index (κ3) is 2.33. The van der Waals surface area contributed by atoms with Gasteiger partial charge in [0.15, 0.2) is 0 Å². The van der Waals surface area contributed by atoms with Gasteiger partial charge < -0.3 is 5.73 Å². The van der Waals surface area contributed by atoms with Crippen molar-refractivity contribution < 1.29 is 10.0 Å². The van der Waals surface area contributed by atoms with Crippen molar-refractivity contribution in [3.05, 3.63) is 0 Å². The molecule has 0 saturated heterocycles. The number of nitrogens with two attached hydrogens (primary N) is 1.